The third-order valence-corrected chi connectivity index (χ3v) is 4.72. The predicted octanol–water partition coefficient (Wildman–Crippen LogP) is 4.63. The monoisotopic (exact) mass is 361 g/mol. The maximum atomic E-state index is 6.20. The molecule has 0 aliphatic carbocycles. The Labute approximate surface area is 150 Å². The van der Waals surface area contributed by atoms with Gasteiger partial charge < -0.3 is 4.42 Å². The van der Waals surface area contributed by atoms with Gasteiger partial charge in [0.25, 0.3) is 0 Å². The summed E-state index contributed by atoms with van der Waals surface area (Å²) in [6, 6.07) is 17.3. The molecule has 2 aromatic carbocycles. The van der Waals surface area contributed by atoms with Gasteiger partial charge in [0, 0.05) is 23.0 Å². The van der Waals surface area contributed by atoms with E-state index in [9.17, 15) is 0 Å². The van der Waals surface area contributed by atoms with Crippen LogP contribution in [0.2, 0.25) is 5.02 Å². The van der Waals surface area contributed by atoms with Gasteiger partial charge in [-0.2, -0.15) is 0 Å². The fraction of sp³-hybridized carbons (Fsp3) is 0.222. The third kappa shape index (κ3) is 3.61. The molecule has 0 aliphatic rings. The van der Waals surface area contributed by atoms with Crippen molar-refractivity contribution >= 4 is 23.2 Å². The number of aromatic nitrogens is 2. The van der Waals surface area contributed by atoms with Gasteiger partial charge in [0.1, 0.15) is 5.54 Å². The molecule has 0 saturated carbocycles. The van der Waals surface area contributed by atoms with Gasteiger partial charge in [0.05, 0.1) is 0 Å². The van der Waals surface area contributed by atoms with Crippen LogP contribution < -0.4 is 5.32 Å². The number of alkyl halides is 1. The van der Waals surface area contributed by atoms with E-state index in [1.54, 1.807) is 0 Å². The first-order chi connectivity index (χ1) is 11.6. The average Bonchev–Trinajstić information content (AvgIpc) is 3.12. The minimum Gasteiger partial charge on any atom is -0.419 e. The molecule has 1 aromatic heterocycles. The molecular weight excluding hydrogens is 345 g/mol. The fourth-order valence-corrected chi connectivity index (χ4v) is 2.67. The zero-order chi connectivity index (χ0) is 17.0. The summed E-state index contributed by atoms with van der Waals surface area (Å²) < 4.78 is 5.84. The molecule has 1 atom stereocenters. The molecular formula is C18H17Cl2N3O. The molecule has 0 bridgehead atoms. The molecule has 3 rings (SSSR count). The van der Waals surface area contributed by atoms with E-state index in [1.807, 2.05) is 61.5 Å². The summed E-state index contributed by atoms with van der Waals surface area (Å²) in [5.74, 6) is 1.21. The predicted molar refractivity (Wildman–Crippen MR) is 96.1 cm³/mol. The Hall–Kier alpha value is -1.88. The SMILES string of the molecule is CC(CCl)(NCc1ccccc1Cl)c1nnc(-c2ccccc2)o1. The molecule has 1 N–H and O–H groups in total. The Morgan fingerprint density at radius 3 is 2.46 bits per heavy atom. The lowest BCUT2D eigenvalue weighted by Crippen LogP contribution is -2.41. The highest BCUT2D eigenvalue weighted by molar-refractivity contribution is 6.31. The van der Waals surface area contributed by atoms with Gasteiger partial charge in [0.15, 0.2) is 0 Å². The minimum absolute atomic E-state index is 0.286. The van der Waals surface area contributed by atoms with Crippen molar-refractivity contribution < 1.29 is 4.42 Å². The normalized spacial score (nSPS) is 13.6. The summed E-state index contributed by atoms with van der Waals surface area (Å²) in [5, 5.41) is 12.4. The molecule has 0 amide bonds. The van der Waals surface area contributed by atoms with Crippen LogP contribution in [0.4, 0.5) is 0 Å². The third-order valence-electron chi connectivity index (χ3n) is 3.81. The Kier molecular flexibility index (Phi) is 5.19. The Morgan fingerprint density at radius 2 is 1.75 bits per heavy atom. The van der Waals surface area contributed by atoms with Crippen LogP contribution in [0.1, 0.15) is 18.4 Å². The fourth-order valence-electron chi connectivity index (χ4n) is 2.26. The standard InChI is InChI=1S/C18H17Cl2N3O/c1-18(12-19,21-11-14-9-5-6-10-15(14)20)17-23-22-16(24-17)13-7-3-2-4-8-13/h2-10,21H,11-12H2,1H3. The largest absolute Gasteiger partial charge is 0.419 e. The number of benzene rings is 2. The van der Waals surface area contributed by atoms with Gasteiger partial charge in [-0.25, -0.2) is 0 Å². The van der Waals surface area contributed by atoms with Gasteiger partial charge >= 0.3 is 0 Å². The number of halogens is 2. The molecule has 24 heavy (non-hydrogen) atoms. The van der Waals surface area contributed by atoms with E-state index in [-0.39, 0.29) is 5.88 Å². The first-order valence-corrected chi connectivity index (χ1v) is 8.47. The van der Waals surface area contributed by atoms with E-state index in [0.717, 1.165) is 11.1 Å². The number of rotatable bonds is 6. The second-order valence-corrected chi connectivity index (χ2v) is 6.36. The molecule has 0 aliphatic heterocycles. The summed E-state index contributed by atoms with van der Waals surface area (Å²) >= 11 is 12.4. The highest BCUT2D eigenvalue weighted by atomic mass is 35.5. The first-order valence-electron chi connectivity index (χ1n) is 7.56. The summed E-state index contributed by atoms with van der Waals surface area (Å²) in [7, 11) is 0. The zero-order valence-electron chi connectivity index (χ0n) is 13.2. The van der Waals surface area contributed by atoms with Crippen LogP contribution in [0, 0.1) is 0 Å². The molecule has 6 heteroatoms. The van der Waals surface area contributed by atoms with E-state index in [1.165, 1.54) is 0 Å². The van der Waals surface area contributed by atoms with Gasteiger partial charge in [-0.05, 0) is 30.7 Å². The number of hydrogen-bond acceptors (Lipinski definition) is 4. The van der Waals surface area contributed by atoms with Crippen molar-refractivity contribution in [2.75, 3.05) is 5.88 Å². The van der Waals surface area contributed by atoms with Crippen LogP contribution >= 0.6 is 23.2 Å². The summed E-state index contributed by atoms with van der Waals surface area (Å²) in [5.41, 5.74) is 1.21. The molecule has 0 radical (unpaired) electrons. The lowest BCUT2D eigenvalue weighted by Gasteiger charge is -2.25. The molecule has 0 fully saturated rings. The van der Waals surface area contributed by atoms with Crippen molar-refractivity contribution in [3.05, 3.63) is 71.1 Å². The van der Waals surface area contributed by atoms with E-state index in [2.05, 4.69) is 15.5 Å². The van der Waals surface area contributed by atoms with Gasteiger partial charge in [0.2, 0.25) is 11.8 Å². The van der Waals surface area contributed by atoms with Crippen molar-refractivity contribution in [3.8, 4) is 11.5 Å². The molecule has 0 spiro atoms. The zero-order valence-corrected chi connectivity index (χ0v) is 14.7. The minimum atomic E-state index is -0.652. The van der Waals surface area contributed by atoms with Crippen LogP contribution in [-0.4, -0.2) is 16.1 Å². The van der Waals surface area contributed by atoms with Crippen LogP contribution in [0.25, 0.3) is 11.5 Å². The van der Waals surface area contributed by atoms with Crippen molar-refractivity contribution in [3.63, 3.8) is 0 Å². The van der Waals surface area contributed by atoms with Crippen molar-refractivity contribution in [1.82, 2.24) is 15.5 Å². The van der Waals surface area contributed by atoms with E-state index in [4.69, 9.17) is 27.6 Å². The molecule has 1 heterocycles. The first kappa shape index (κ1) is 17.0. The summed E-state index contributed by atoms with van der Waals surface area (Å²) in [4.78, 5) is 0. The lowest BCUT2D eigenvalue weighted by atomic mass is 10.0. The molecule has 0 saturated heterocycles. The molecule has 3 aromatic rings. The summed E-state index contributed by atoms with van der Waals surface area (Å²) in [6.07, 6.45) is 0. The van der Waals surface area contributed by atoms with E-state index < -0.39 is 5.54 Å². The number of nitrogens with zero attached hydrogens (tertiary/aromatic N) is 2. The number of hydrogen-bond donors (Lipinski definition) is 1. The number of nitrogens with one attached hydrogen (secondary N) is 1. The van der Waals surface area contributed by atoms with Gasteiger partial charge in [-0.1, -0.05) is 48.0 Å². The maximum absolute atomic E-state index is 6.20. The Bertz CT molecular complexity index is 807. The average molecular weight is 362 g/mol. The lowest BCUT2D eigenvalue weighted by molar-refractivity contribution is 0.313. The topological polar surface area (TPSA) is 51.0 Å². The Balaban J connectivity index is 1.80. The van der Waals surface area contributed by atoms with Crippen molar-refractivity contribution in [1.29, 1.82) is 0 Å². The van der Waals surface area contributed by atoms with E-state index >= 15 is 0 Å². The quantitative estimate of drug-likeness (QED) is 0.650. The van der Waals surface area contributed by atoms with Crippen LogP contribution in [0.5, 0.6) is 0 Å². The van der Waals surface area contributed by atoms with Crippen molar-refractivity contribution in [2.45, 2.75) is 19.0 Å². The maximum Gasteiger partial charge on any atom is 0.247 e. The van der Waals surface area contributed by atoms with Gasteiger partial charge in [-0.15, -0.1) is 21.8 Å². The summed E-state index contributed by atoms with van der Waals surface area (Å²) in [6.45, 7) is 2.48. The highest BCUT2D eigenvalue weighted by Crippen LogP contribution is 2.26. The molecule has 1 unspecified atom stereocenters. The van der Waals surface area contributed by atoms with Gasteiger partial charge in [-0.3, -0.25) is 5.32 Å². The highest BCUT2D eigenvalue weighted by Gasteiger charge is 2.32. The second-order valence-electron chi connectivity index (χ2n) is 5.69. The van der Waals surface area contributed by atoms with Crippen LogP contribution in [0.3, 0.4) is 0 Å². The molecule has 4 nitrogen and oxygen atoms in total. The van der Waals surface area contributed by atoms with E-state index in [0.29, 0.717) is 23.3 Å². The van der Waals surface area contributed by atoms with Crippen LogP contribution in [-0.2, 0) is 12.1 Å². The van der Waals surface area contributed by atoms with Crippen LogP contribution in [0.15, 0.2) is 59.0 Å². The second kappa shape index (κ2) is 7.34. The smallest absolute Gasteiger partial charge is 0.247 e. The molecule has 124 valence electrons. The van der Waals surface area contributed by atoms with Crippen molar-refractivity contribution in [2.24, 2.45) is 0 Å². The Morgan fingerprint density at radius 1 is 1.04 bits per heavy atom.